The molecule has 4 heterocycles. The minimum absolute atomic E-state index is 0.0117. The number of unbranched alkanes of at least 4 members (excludes halogenated alkanes) is 1. The van der Waals surface area contributed by atoms with Crippen molar-refractivity contribution in [1.82, 2.24) is 20.5 Å². The van der Waals surface area contributed by atoms with Crippen LogP contribution >= 0.6 is 11.3 Å². The fourth-order valence-electron chi connectivity index (χ4n) is 10.1. The van der Waals surface area contributed by atoms with Crippen LogP contribution in [0.4, 0.5) is 11.4 Å². The second-order valence-corrected chi connectivity index (χ2v) is 28.2. The molecule has 0 saturated heterocycles. The van der Waals surface area contributed by atoms with Gasteiger partial charge < -0.3 is 10.2 Å². The number of nitrogens with one attached hydrogen (secondary N) is 1. The summed E-state index contributed by atoms with van der Waals surface area (Å²) in [5, 5.41) is 17.1. The van der Waals surface area contributed by atoms with E-state index in [1.165, 1.54) is 30.5 Å². The zero-order valence-corrected chi connectivity index (χ0v) is 47.3. The van der Waals surface area contributed by atoms with Gasteiger partial charge in [0.15, 0.2) is 5.71 Å². The number of hydrogen-bond acceptors (Lipinski definition) is 16. The first-order valence-corrected chi connectivity index (χ1v) is 32.2. The van der Waals surface area contributed by atoms with E-state index in [1.54, 1.807) is 55.2 Å². The summed E-state index contributed by atoms with van der Waals surface area (Å²) in [6.45, 7) is 9.82. The minimum atomic E-state index is -5.10. The molecular weight excluding hydrogens is 1130 g/mol. The van der Waals surface area contributed by atoms with Crippen molar-refractivity contribution >= 4 is 112 Å². The van der Waals surface area contributed by atoms with E-state index in [0.717, 1.165) is 39.8 Å². The molecule has 0 saturated carbocycles. The number of primary sulfonamides is 1. The first-order chi connectivity index (χ1) is 36.2. The maximum atomic E-state index is 13.4. The molecule has 2 aromatic heterocycles. The van der Waals surface area contributed by atoms with Crippen molar-refractivity contribution in [3.05, 3.63) is 130 Å². The highest BCUT2D eigenvalue weighted by molar-refractivity contribution is 7.91. The topological polar surface area (TPSA) is 352 Å². The Hall–Kier alpha value is -6.18. The smallest absolute Gasteiger partial charge is 0.295 e. The summed E-state index contributed by atoms with van der Waals surface area (Å²) in [5.41, 5.74) is 2.26. The molecule has 4 aromatic carbocycles. The van der Waals surface area contributed by atoms with Crippen molar-refractivity contribution in [3.8, 4) is 0 Å². The standard InChI is InChI=1S/C50H53N7O15S6/c1-6-23-56-39-18-12-30-10-15-33(76(64,65)66)26-36(30)45(39)49(2,3)42(56)20-13-31(38-17-11-32(29-53-38)47(58)52-22-8-7-9-44-54-55-48(73-44)75(51,62)63)14-21-43-50(4,5)46-37-27-34(77(67,68)69)28-41(78(70,71)72)35(37)16-19-40(46)57(43)24-25-74(59,60)61/h10-21,26-29H,6-9,22-25H2,1-5H3,(H6-,51,52,58,59,60,61,62,63,64,65,66,67,68,69,70,71,72)/p+1. The Morgan fingerprint density at radius 2 is 1.47 bits per heavy atom. The molecular formula is C50H54N7O15S6+. The van der Waals surface area contributed by atoms with E-state index in [9.17, 15) is 65.1 Å². The third-order valence-corrected chi connectivity index (χ3v) is 19.1. The molecule has 0 atom stereocenters. The van der Waals surface area contributed by atoms with Crippen molar-refractivity contribution in [1.29, 1.82) is 0 Å². The molecule has 7 N–H and O–H groups in total. The van der Waals surface area contributed by atoms with Crippen LogP contribution in [-0.4, -0.2) is 117 Å². The van der Waals surface area contributed by atoms with Crippen molar-refractivity contribution in [2.75, 3.05) is 30.3 Å². The van der Waals surface area contributed by atoms with Crippen LogP contribution in [0.3, 0.4) is 0 Å². The van der Waals surface area contributed by atoms with Crippen LogP contribution in [-0.2, 0) is 67.7 Å². The number of carbonyl (C=O) groups is 1. The zero-order valence-electron chi connectivity index (χ0n) is 42.4. The number of aromatic nitrogens is 3. The quantitative estimate of drug-likeness (QED) is 0.0222. The van der Waals surface area contributed by atoms with Gasteiger partial charge >= 0.3 is 0 Å². The van der Waals surface area contributed by atoms with Crippen LogP contribution in [0.5, 0.6) is 0 Å². The number of aryl methyl sites for hydroxylation is 1. The molecule has 0 aliphatic carbocycles. The molecule has 0 fully saturated rings. The van der Waals surface area contributed by atoms with Crippen LogP contribution in [0.2, 0.25) is 0 Å². The van der Waals surface area contributed by atoms with Gasteiger partial charge in [0, 0.05) is 77.6 Å². The van der Waals surface area contributed by atoms with E-state index >= 15 is 0 Å². The van der Waals surface area contributed by atoms with E-state index in [-0.39, 0.29) is 49.9 Å². The summed E-state index contributed by atoms with van der Waals surface area (Å²) >= 11 is 0.870. The lowest BCUT2D eigenvalue weighted by atomic mass is 9.79. The van der Waals surface area contributed by atoms with Crippen LogP contribution in [0.15, 0.2) is 122 Å². The van der Waals surface area contributed by atoms with Gasteiger partial charge in [-0.2, -0.15) is 38.2 Å². The highest BCUT2D eigenvalue weighted by Gasteiger charge is 2.46. The van der Waals surface area contributed by atoms with E-state index in [1.807, 2.05) is 39.0 Å². The summed E-state index contributed by atoms with van der Waals surface area (Å²) in [6, 6.07) is 15.8. The van der Waals surface area contributed by atoms with Gasteiger partial charge in [-0.25, -0.2) is 13.6 Å². The van der Waals surface area contributed by atoms with Gasteiger partial charge in [-0.05, 0) is 109 Å². The summed E-state index contributed by atoms with van der Waals surface area (Å²) < 4.78 is 165. The van der Waals surface area contributed by atoms with Crippen molar-refractivity contribution in [2.24, 2.45) is 5.14 Å². The third kappa shape index (κ3) is 11.9. The van der Waals surface area contributed by atoms with Gasteiger partial charge in [0.05, 0.1) is 32.2 Å². The number of amides is 1. The van der Waals surface area contributed by atoms with Crippen molar-refractivity contribution < 1.29 is 69.7 Å². The Kier molecular flexibility index (Phi) is 15.7. The number of fused-ring (bicyclic) bond motifs is 6. The molecule has 2 aliphatic rings. The van der Waals surface area contributed by atoms with Crippen LogP contribution in [0.1, 0.15) is 86.1 Å². The normalized spacial score (nSPS) is 16.5. The van der Waals surface area contributed by atoms with E-state index in [4.69, 9.17) is 10.1 Å². The van der Waals surface area contributed by atoms with E-state index in [2.05, 4.69) is 20.1 Å². The van der Waals surface area contributed by atoms with Crippen LogP contribution < -0.4 is 15.4 Å². The summed E-state index contributed by atoms with van der Waals surface area (Å²) in [4.78, 5) is 17.7. The van der Waals surface area contributed by atoms with Crippen LogP contribution in [0.25, 0.3) is 27.1 Å². The number of allylic oxidation sites excluding steroid dienone is 6. The molecule has 2 aliphatic heterocycles. The number of hydrogen-bond donors (Lipinski definition) is 6. The number of anilines is 1. The molecule has 0 unspecified atom stereocenters. The number of pyridine rings is 1. The van der Waals surface area contributed by atoms with Crippen molar-refractivity contribution in [2.45, 2.75) is 90.2 Å². The molecule has 0 bridgehead atoms. The molecule has 6 aromatic rings. The average Bonchev–Trinajstić information content (AvgIpc) is 4.21. The molecule has 22 nitrogen and oxygen atoms in total. The Morgan fingerprint density at radius 1 is 0.782 bits per heavy atom. The van der Waals surface area contributed by atoms with Gasteiger partial charge in [-0.1, -0.05) is 50.3 Å². The highest BCUT2D eigenvalue weighted by atomic mass is 32.3. The summed E-state index contributed by atoms with van der Waals surface area (Å²) in [5.74, 6) is -1.22. The number of carbonyl (C=O) groups excluding carboxylic acids is 1. The third-order valence-electron chi connectivity index (χ3n) is 13.6. The van der Waals surface area contributed by atoms with E-state index < -0.39 is 82.8 Å². The Morgan fingerprint density at radius 3 is 2.09 bits per heavy atom. The van der Waals surface area contributed by atoms with Gasteiger partial charge in [-0.15, -0.1) is 10.2 Å². The Labute approximate surface area is 455 Å². The predicted molar refractivity (Wildman–Crippen MR) is 293 cm³/mol. The lowest BCUT2D eigenvalue weighted by molar-refractivity contribution is -0.437. The number of benzene rings is 4. The number of sulfonamides is 1. The van der Waals surface area contributed by atoms with Gasteiger partial charge in [-0.3, -0.25) is 28.0 Å². The molecule has 28 heteroatoms. The van der Waals surface area contributed by atoms with Crippen molar-refractivity contribution in [3.63, 3.8) is 0 Å². The second kappa shape index (κ2) is 21.1. The second-order valence-electron chi connectivity index (χ2n) is 19.6. The molecule has 1 amide bonds. The van der Waals surface area contributed by atoms with Crippen LogP contribution in [0, 0.1) is 0 Å². The first-order valence-electron chi connectivity index (χ1n) is 23.9. The lowest BCUT2D eigenvalue weighted by Gasteiger charge is -2.27. The molecule has 8 rings (SSSR count). The van der Waals surface area contributed by atoms with Gasteiger partial charge in [0.1, 0.15) is 16.4 Å². The SMILES string of the molecule is CCC[N+]1=C(/C=C/C(=C/C=C2/N(CCS(=O)(=O)O)c3ccc4c(S(=O)(=O)O)cc(S(=O)(=O)O)cc4c3C2(C)C)c2ccc(C(=O)NCCCCc3nnc(S(N)(=O)=O)s3)cn2)C(C)(C)c2c1ccc1ccc(S(=O)(=O)O)cc21. The van der Waals surface area contributed by atoms with Gasteiger partial charge in [0.2, 0.25) is 10.0 Å². The lowest BCUT2D eigenvalue weighted by Crippen LogP contribution is -2.30. The molecule has 0 radical (unpaired) electrons. The molecule has 78 heavy (non-hydrogen) atoms. The monoisotopic (exact) mass is 1180 g/mol. The minimum Gasteiger partial charge on any atom is -0.352 e. The van der Waals surface area contributed by atoms with E-state index in [0.29, 0.717) is 65.7 Å². The molecule has 0 spiro atoms. The maximum Gasteiger partial charge on any atom is 0.295 e. The number of rotatable bonds is 19. The Balaban J connectivity index is 1.23. The summed E-state index contributed by atoms with van der Waals surface area (Å²) in [6.07, 6.45) is 10.5. The highest BCUT2D eigenvalue weighted by Crippen LogP contribution is 2.52. The maximum absolute atomic E-state index is 13.4. The Bertz CT molecular complexity index is 4190. The average molecular weight is 1190 g/mol. The number of nitrogens with zero attached hydrogens (tertiary/aromatic N) is 5. The molecule has 414 valence electrons. The van der Waals surface area contributed by atoms with Gasteiger partial charge in [0.25, 0.3) is 56.4 Å². The zero-order chi connectivity index (χ0) is 57.1. The largest absolute Gasteiger partial charge is 0.352 e. The fourth-order valence-corrected chi connectivity index (χ4v) is 13.8. The fraction of sp³-hybridized carbons (Fsp3) is 0.300. The number of nitrogens with two attached hydrogens (primary N) is 1. The first kappa shape index (κ1) is 58.0. The predicted octanol–water partition coefficient (Wildman–Crippen LogP) is 6.38. The summed E-state index contributed by atoms with van der Waals surface area (Å²) in [7, 11) is -23.3.